The molecule has 1 aliphatic rings. The summed E-state index contributed by atoms with van der Waals surface area (Å²) in [6.07, 6.45) is 6.91. The van der Waals surface area contributed by atoms with Crippen molar-refractivity contribution < 1.29 is 14.0 Å². The zero-order valence-corrected chi connectivity index (χ0v) is 15.9. The lowest BCUT2D eigenvalue weighted by Gasteiger charge is -2.12. The molecule has 142 valence electrons. The minimum atomic E-state index is 0.0138. The van der Waals surface area contributed by atoms with E-state index in [0.29, 0.717) is 6.04 Å². The fourth-order valence-corrected chi connectivity index (χ4v) is 3.18. The van der Waals surface area contributed by atoms with Crippen LogP contribution in [0.4, 0.5) is 0 Å². The summed E-state index contributed by atoms with van der Waals surface area (Å²) in [4.78, 5) is 0. The molecule has 0 spiro atoms. The molecule has 1 aliphatic heterocycles. The summed E-state index contributed by atoms with van der Waals surface area (Å²) in [5, 5.41) is 7.32. The molecule has 1 fully saturated rings. The Labute approximate surface area is 156 Å². The second kappa shape index (κ2) is 9.74. The molecule has 1 saturated heterocycles. The van der Waals surface area contributed by atoms with Crippen LogP contribution in [0.25, 0.3) is 0 Å². The molecule has 0 bridgehead atoms. The van der Waals surface area contributed by atoms with E-state index in [9.17, 15) is 0 Å². The molecule has 1 aromatic heterocycles. The Morgan fingerprint density at radius 2 is 1.88 bits per heavy atom. The van der Waals surface area contributed by atoms with Gasteiger partial charge in [0.2, 0.25) is 0 Å². The molecule has 0 aliphatic carbocycles. The van der Waals surface area contributed by atoms with E-state index in [1.807, 2.05) is 25.1 Å². The van der Waals surface area contributed by atoms with Gasteiger partial charge in [0.1, 0.15) is 17.7 Å². The van der Waals surface area contributed by atoms with Gasteiger partial charge >= 0.3 is 0 Å². The van der Waals surface area contributed by atoms with Crippen molar-refractivity contribution in [1.29, 1.82) is 0 Å². The first-order chi connectivity index (χ1) is 12.7. The number of rotatable bonds is 10. The van der Waals surface area contributed by atoms with Crippen molar-refractivity contribution in [3.63, 3.8) is 0 Å². The molecule has 0 saturated carbocycles. The number of hydrogen-bond donors (Lipinski definition) is 1. The van der Waals surface area contributed by atoms with Crippen molar-refractivity contribution >= 4 is 0 Å². The summed E-state index contributed by atoms with van der Waals surface area (Å²) < 4.78 is 16.8. The quantitative estimate of drug-likeness (QED) is 0.631. The molecule has 26 heavy (non-hydrogen) atoms. The first-order valence-electron chi connectivity index (χ1n) is 9.73. The Morgan fingerprint density at radius 1 is 1.12 bits per heavy atom. The molecule has 2 aromatic rings. The number of nitrogens with zero attached hydrogens (tertiary/aromatic N) is 1. The van der Waals surface area contributed by atoms with Gasteiger partial charge in [0.15, 0.2) is 0 Å². The van der Waals surface area contributed by atoms with E-state index >= 15 is 0 Å². The van der Waals surface area contributed by atoms with Gasteiger partial charge < -0.3 is 14.0 Å². The highest BCUT2D eigenvalue weighted by Gasteiger charge is 2.21. The predicted octanol–water partition coefficient (Wildman–Crippen LogP) is 4.56. The average Bonchev–Trinajstić information content (AvgIpc) is 3.26. The molecule has 3 rings (SSSR count). The first kappa shape index (κ1) is 18.9. The third-order valence-electron chi connectivity index (χ3n) is 4.64. The van der Waals surface area contributed by atoms with Gasteiger partial charge in [0.05, 0.1) is 18.9 Å². The van der Waals surface area contributed by atoms with Crippen molar-refractivity contribution in [2.45, 2.75) is 64.6 Å². The molecular formula is C21H30N2O3. The number of aryl methyl sites for hydroxylation is 2. The number of unbranched alkanes of at least 4 members (excludes halogenated alkanes) is 4. The van der Waals surface area contributed by atoms with Crippen molar-refractivity contribution in [3.8, 4) is 5.75 Å². The van der Waals surface area contributed by atoms with Gasteiger partial charge in [0.25, 0.3) is 0 Å². The molecule has 2 heterocycles. The van der Waals surface area contributed by atoms with E-state index in [1.54, 1.807) is 0 Å². The fourth-order valence-electron chi connectivity index (χ4n) is 3.18. The lowest BCUT2D eigenvalue weighted by atomic mass is 10.1. The Balaban J connectivity index is 1.23. The highest BCUT2D eigenvalue weighted by Crippen LogP contribution is 2.23. The van der Waals surface area contributed by atoms with Crippen LogP contribution < -0.4 is 10.1 Å². The van der Waals surface area contributed by atoms with Crippen LogP contribution in [0.1, 0.15) is 62.3 Å². The van der Waals surface area contributed by atoms with E-state index < -0.39 is 0 Å². The highest BCUT2D eigenvalue weighted by atomic mass is 16.5. The fraction of sp³-hybridized carbons (Fsp3) is 0.571. The number of hydrogen-bond acceptors (Lipinski definition) is 5. The number of nitrogens with one attached hydrogen (secondary N) is 1. The van der Waals surface area contributed by atoms with Gasteiger partial charge in [0, 0.05) is 18.5 Å². The number of benzene rings is 1. The lowest BCUT2D eigenvalue weighted by molar-refractivity contribution is 0.101. The van der Waals surface area contributed by atoms with E-state index in [1.165, 1.54) is 19.3 Å². The summed E-state index contributed by atoms with van der Waals surface area (Å²) in [6, 6.07) is 10.7. The van der Waals surface area contributed by atoms with Gasteiger partial charge in [-0.2, -0.15) is 0 Å². The topological polar surface area (TPSA) is 56.5 Å². The smallest absolute Gasteiger partial charge is 0.136 e. The van der Waals surface area contributed by atoms with Crippen LogP contribution in [0.5, 0.6) is 5.75 Å². The Bertz CT molecular complexity index is 654. The molecule has 1 unspecified atom stereocenters. The van der Waals surface area contributed by atoms with Gasteiger partial charge in [-0.1, -0.05) is 36.6 Å². The largest absolute Gasteiger partial charge is 0.494 e. The molecule has 2 atom stereocenters. The second-order valence-corrected chi connectivity index (χ2v) is 7.15. The third-order valence-corrected chi connectivity index (χ3v) is 4.64. The summed E-state index contributed by atoms with van der Waals surface area (Å²) in [5.41, 5.74) is 2.12. The van der Waals surface area contributed by atoms with Crippen LogP contribution in [-0.2, 0) is 11.2 Å². The standard InChI is InChI=1S/C21H30N2O3/c1-16-14-20(26-23-16)8-6-4-3-5-7-13-24-19-11-9-18(10-12-19)21-22-17(2)15-25-21/h9-12,14,17,21-22H,3-8,13,15H2,1-2H3/t17-,21?/m0/s1. The highest BCUT2D eigenvalue weighted by molar-refractivity contribution is 5.28. The van der Waals surface area contributed by atoms with Crippen LogP contribution in [0, 0.1) is 6.92 Å². The Kier molecular flexibility index (Phi) is 7.09. The molecule has 0 amide bonds. The van der Waals surface area contributed by atoms with Crippen LogP contribution in [0.15, 0.2) is 34.9 Å². The summed E-state index contributed by atoms with van der Waals surface area (Å²) in [7, 11) is 0. The van der Waals surface area contributed by atoms with Crippen molar-refractivity contribution in [2.24, 2.45) is 0 Å². The maximum Gasteiger partial charge on any atom is 0.136 e. The van der Waals surface area contributed by atoms with Crippen LogP contribution in [-0.4, -0.2) is 24.4 Å². The predicted molar refractivity (Wildman–Crippen MR) is 101 cm³/mol. The monoisotopic (exact) mass is 358 g/mol. The van der Waals surface area contributed by atoms with Gasteiger partial charge in [-0.15, -0.1) is 0 Å². The number of aromatic nitrogens is 1. The average molecular weight is 358 g/mol. The Morgan fingerprint density at radius 3 is 2.58 bits per heavy atom. The number of ether oxygens (including phenoxy) is 2. The summed E-state index contributed by atoms with van der Waals surface area (Å²) in [5.74, 6) is 1.93. The minimum absolute atomic E-state index is 0.0138. The summed E-state index contributed by atoms with van der Waals surface area (Å²) >= 11 is 0. The zero-order valence-electron chi connectivity index (χ0n) is 15.9. The van der Waals surface area contributed by atoms with Gasteiger partial charge in [-0.3, -0.25) is 5.32 Å². The van der Waals surface area contributed by atoms with Gasteiger partial charge in [-0.05, 0) is 44.4 Å². The molecule has 0 radical (unpaired) electrons. The molecule has 1 aromatic carbocycles. The van der Waals surface area contributed by atoms with E-state index in [4.69, 9.17) is 14.0 Å². The minimum Gasteiger partial charge on any atom is -0.494 e. The molecule has 1 N–H and O–H groups in total. The van der Waals surface area contributed by atoms with E-state index in [-0.39, 0.29) is 6.23 Å². The summed E-state index contributed by atoms with van der Waals surface area (Å²) in [6.45, 7) is 5.63. The maximum atomic E-state index is 5.84. The van der Waals surface area contributed by atoms with Crippen LogP contribution in [0.3, 0.4) is 0 Å². The van der Waals surface area contributed by atoms with Crippen molar-refractivity contribution in [2.75, 3.05) is 13.2 Å². The van der Waals surface area contributed by atoms with Crippen LogP contribution in [0.2, 0.25) is 0 Å². The zero-order chi connectivity index (χ0) is 18.2. The van der Waals surface area contributed by atoms with Crippen molar-refractivity contribution in [1.82, 2.24) is 10.5 Å². The molecule has 5 nitrogen and oxygen atoms in total. The SMILES string of the molecule is Cc1cc(CCCCCCCOc2ccc(C3N[C@@H](C)CO3)cc2)on1. The maximum absolute atomic E-state index is 5.84. The second-order valence-electron chi connectivity index (χ2n) is 7.15. The van der Waals surface area contributed by atoms with E-state index in [0.717, 1.165) is 55.2 Å². The van der Waals surface area contributed by atoms with Gasteiger partial charge in [-0.25, -0.2) is 0 Å². The molecular weight excluding hydrogens is 328 g/mol. The van der Waals surface area contributed by atoms with E-state index in [2.05, 4.69) is 29.5 Å². The van der Waals surface area contributed by atoms with Crippen LogP contribution >= 0.6 is 0 Å². The lowest BCUT2D eigenvalue weighted by Crippen LogP contribution is -2.22. The normalized spacial score (nSPS) is 19.8. The Hall–Kier alpha value is -1.85. The molecule has 5 heteroatoms. The third kappa shape index (κ3) is 5.85. The van der Waals surface area contributed by atoms with Crippen molar-refractivity contribution in [3.05, 3.63) is 47.3 Å². The first-order valence-corrected chi connectivity index (χ1v) is 9.73.